The van der Waals surface area contributed by atoms with Crippen molar-refractivity contribution in [2.24, 2.45) is 17.8 Å². The second-order valence-corrected chi connectivity index (χ2v) is 21.4. The summed E-state index contributed by atoms with van der Waals surface area (Å²) in [7, 11) is -2.20. The maximum Gasteiger partial charge on any atom is 0.148 e. The van der Waals surface area contributed by atoms with Crippen LogP contribution >= 0.6 is 0 Å². The van der Waals surface area contributed by atoms with Gasteiger partial charge in [0.05, 0.1) is 6.61 Å². The van der Waals surface area contributed by atoms with Crippen molar-refractivity contribution in [1.29, 1.82) is 0 Å². The van der Waals surface area contributed by atoms with E-state index in [-0.39, 0.29) is 5.60 Å². The van der Waals surface area contributed by atoms with Crippen molar-refractivity contribution < 1.29 is 9.47 Å². The Balaban J connectivity index is 1.08. The van der Waals surface area contributed by atoms with E-state index < -0.39 is 8.07 Å². The average Bonchev–Trinajstić information content (AvgIpc) is 3.70. The van der Waals surface area contributed by atoms with Gasteiger partial charge in [0.15, 0.2) is 0 Å². The van der Waals surface area contributed by atoms with Crippen LogP contribution in [-0.4, -0.2) is 20.3 Å². The zero-order valence-corrected chi connectivity index (χ0v) is 34.2. The summed E-state index contributed by atoms with van der Waals surface area (Å²) in [6, 6.07) is 21.6. The minimum Gasteiger partial charge on any atom is -0.493 e. The van der Waals surface area contributed by atoms with Gasteiger partial charge in [-0.3, -0.25) is 0 Å². The van der Waals surface area contributed by atoms with Gasteiger partial charge in [0.1, 0.15) is 25.2 Å². The van der Waals surface area contributed by atoms with E-state index in [2.05, 4.69) is 128 Å². The molecular formula is C48H66O2Si. The highest BCUT2D eigenvalue weighted by atomic mass is 28.3. The van der Waals surface area contributed by atoms with E-state index in [0.717, 1.165) is 54.6 Å². The van der Waals surface area contributed by atoms with Gasteiger partial charge in [-0.25, -0.2) is 0 Å². The Morgan fingerprint density at radius 1 is 0.804 bits per heavy atom. The molecule has 5 atom stereocenters. The fourth-order valence-corrected chi connectivity index (χ4v) is 15.0. The van der Waals surface area contributed by atoms with Crippen molar-refractivity contribution in [3.63, 3.8) is 0 Å². The third-order valence-electron chi connectivity index (χ3n) is 13.0. The predicted molar refractivity (Wildman–Crippen MR) is 221 cm³/mol. The molecule has 1 unspecified atom stereocenters. The van der Waals surface area contributed by atoms with Crippen LogP contribution < -0.4 is 19.8 Å². The molecule has 0 amide bonds. The second-order valence-electron chi connectivity index (χ2n) is 17.4. The lowest BCUT2D eigenvalue weighted by atomic mass is 9.83. The summed E-state index contributed by atoms with van der Waals surface area (Å²) < 4.78 is 13.9. The first-order valence-corrected chi connectivity index (χ1v) is 22.7. The first kappa shape index (κ1) is 37.7. The third-order valence-corrected chi connectivity index (χ3v) is 18.1. The molecule has 0 saturated heterocycles. The fraction of sp³-hybridized carbons (Fsp3) is 0.542. The first-order valence-electron chi connectivity index (χ1n) is 20.5. The van der Waals surface area contributed by atoms with Gasteiger partial charge < -0.3 is 9.47 Å². The number of ether oxygens (including phenoxy) is 2. The zero-order chi connectivity index (χ0) is 36.2. The molecule has 2 nitrogen and oxygen atoms in total. The highest BCUT2D eigenvalue weighted by Gasteiger charge is 2.51. The van der Waals surface area contributed by atoms with E-state index >= 15 is 0 Å². The van der Waals surface area contributed by atoms with E-state index in [1.165, 1.54) is 84.4 Å². The molecule has 0 spiro atoms. The van der Waals surface area contributed by atoms with Crippen LogP contribution in [0.15, 0.2) is 78.0 Å². The smallest absolute Gasteiger partial charge is 0.148 e. The van der Waals surface area contributed by atoms with Crippen LogP contribution in [0.5, 0.6) is 11.5 Å². The van der Waals surface area contributed by atoms with Crippen LogP contribution in [0.2, 0.25) is 6.04 Å². The van der Waals surface area contributed by atoms with Gasteiger partial charge in [-0.05, 0) is 110 Å². The van der Waals surface area contributed by atoms with Crippen LogP contribution in [0.1, 0.15) is 133 Å². The van der Waals surface area contributed by atoms with Gasteiger partial charge in [-0.2, -0.15) is 0 Å². The second kappa shape index (κ2) is 16.3. The van der Waals surface area contributed by atoms with Crippen LogP contribution in [0.3, 0.4) is 0 Å². The molecule has 3 aliphatic rings. The Hall–Kier alpha value is -3.04. The van der Waals surface area contributed by atoms with Crippen molar-refractivity contribution in [2.75, 3.05) is 6.61 Å². The summed E-state index contributed by atoms with van der Waals surface area (Å²) in [5.41, 5.74) is 6.56. The van der Waals surface area contributed by atoms with E-state index in [1.807, 2.05) is 0 Å². The molecule has 3 heteroatoms. The monoisotopic (exact) mass is 702 g/mol. The van der Waals surface area contributed by atoms with Crippen molar-refractivity contribution in [3.8, 4) is 11.5 Å². The Labute approximate surface area is 312 Å². The summed E-state index contributed by atoms with van der Waals surface area (Å²) >= 11 is 0. The van der Waals surface area contributed by atoms with Gasteiger partial charge in [-0.15, -0.1) is 0 Å². The molecule has 51 heavy (non-hydrogen) atoms. The molecule has 3 aromatic rings. The molecule has 6 rings (SSSR count). The first-order chi connectivity index (χ1) is 24.5. The molecule has 0 N–H and O–H groups in total. The molecule has 3 aromatic carbocycles. The Kier molecular flexibility index (Phi) is 12.1. The standard InChI is InChI=1S/C48H66O2Si/c1-34(2)18-14-19-35(3)20-15-21-36(4)22-17-30-48(8)31-29-41-39(7)46(37(5)38(6)47(41)50-48)49-32-33-51(40-23-10-9-11-24-40)44-27-13-12-25-42(44)43-26-16-28-45(43)51/h9-13,16,23-28,34-36,43H,14-15,17-22,29-33H2,1-8H3/t35-,36-,43?,48-,51-/m1/s1. The lowest BCUT2D eigenvalue weighted by Gasteiger charge is -2.38. The average molecular weight is 703 g/mol. The van der Waals surface area contributed by atoms with Crippen LogP contribution in [0.25, 0.3) is 0 Å². The van der Waals surface area contributed by atoms with Crippen LogP contribution in [0.4, 0.5) is 0 Å². The maximum atomic E-state index is 7.00. The molecule has 0 fully saturated rings. The number of fused-ring (bicyclic) bond motifs is 4. The Bertz CT molecular complexity index is 1700. The molecular weight excluding hydrogens is 637 g/mol. The summed E-state index contributed by atoms with van der Waals surface area (Å²) in [6.07, 6.45) is 21.3. The summed E-state index contributed by atoms with van der Waals surface area (Å²) in [6.45, 7) is 19.5. The number of rotatable bonds is 17. The van der Waals surface area contributed by atoms with E-state index in [0.29, 0.717) is 12.5 Å². The number of hydrogen-bond acceptors (Lipinski definition) is 2. The fourth-order valence-electron chi connectivity index (χ4n) is 9.72. The molecule has 1 aliphatic carbocycles. The molecule has 274 valence electrons. The highest BCUT2D eigenvalue weighted by Crippen LogP contribution is 2.46. The highest BCUT2D eigenvalue weighted by molar-refractivity contribution is 7.09. The normalized spacial score (nSPS) is 23.0. The molecule has 2 heterocycles. The van der Waals surface area contributed by atoms with Crippen LogP contribution in [-0.2, 0) is 6.42 Å². The van der Waals surface area contributed by atoms with E-state index in [4.69, 9.17) is 9.47 Å². The maximum absolute atomic E-state index is 7.00. The van der Waals surface area contributed by atoms with Crippen LogP contribution in [0, 0.1) is 38.5 Å². The van der Waals surface area contributed by atoms with Crippen molar-refractivity contribution in [3.05, 3.63) is 106 Å². The SMILES string of the molecule is Cc1c(C)c2c(c(C)c1OCC[Si@]1(c3ccccc3)C3=CC=CC3c3ccccc31)CC[C@@](C)(CCC[C@H](C)CCC[C@H](C)CCCC(C)C)O2. The zero-order valence-electron chi connectivity index (χ0n) is 33.2. The minimum atomic E-state index is -2.20. The molecule has 0 bridgehead atoms. The number of allylic oxidation sites excluding steroid dienone is 4. The van der Waals surface area contributed by atoms with Gasteiger partial charge in [-0.1, -0.05) is 151 Å². The van der Waals surface area contributed by atoms with E-state index in [1.54, 1.807) is 10.4 Å². The predicted octanol–water partition coefficient (Wildman–Crippen LogP) is 11.9. The largest absolute Gasteiger partial charge is 0.493 e. The van der Waals surface area contributed by atoms with Gasteiger partial charge in [0, 0.05) is 11.5 Å². The lowest BCUT2D eigenvalue weighted by Crippen LogP contribution is -2.58. The van der Waals surface area contributed by atoms with Crippen molar-refractivity contribution in [1.82, 2.24) is 0 Å². The van der Waals surface area contributed by atoms with E-state index in [9.17, 15) is 0 Å². The van der Waals surface area contributed by atoms with Crippen molar-refractivity contribution >= 4 is 18.4 Å². The van der Waals surface area contributed by atoms with Gasteiger partial charge in [0.2, 0.25) is 0 Å². The Morgan fingerprint density at radius 2 is 1.47 bits per heavy atom. The third kappa shape index (κ3) is 7.99. The summed E-state index contributed by atoms with van der Waals surface area (Å²) in [5.74, 6) is 5.14. The molecule has 0 radical (unpaired) electrons. The van der Waals surface area contributed by atoms with Gasteiger partial charge in [0.25, 0.3) is 0 Å². The molecule has 0 saturated carbocycles. The quantitative estimate of drug-likeness (QED) is 0.130. The lowest BCUT2D eigenvalue weighted by molar-refractivity contribution is 0.0511. The number of benzene rings is 3. The minimum absolute atomic E-state index is 0.0905. The summed E-state index contributed by atoms with van der Waals surface area (Å²) in [5, 5.41) is 4.69. The van der Waals surface area contributed by atoms with Gasteiger partial charge >= 0.3 is 0 Å². The Morgan fingerprint density at radius 3 is 2.20 bits per heavy atom. The summed E-state index contributed by atoms with van der Waals surface area (Å²) in [4.78, 5) is 0. The number of hydrogen-bond donors (Lipinski definition) is 0. The topological polar surface area (TPSA) is 18.5 Å². The molecule has 2 aliphatic heterocycles. The molecule has 0 aromatic heterocycles. The van der Waals surface area contributed by atoms with Crippen molar-refractivity contribution in [2.45, 2.75) is 144 Å².